The summed E-state index contributed by atoms with van der Waals surface area (Å²) in [7, 11) is 1.64. The number of hydrogen-bond acceptors (Lipinski definition) is 4. The van der Waals surface area contributed by atoms with Crippen LogP contribution in [0.4, 0.5) is 5.69 Å². The van der Waals surface area contributed by atoms with Crippen LogP contribution in [-0.4, -0.2) is 17.3 Å². The van der Waals surface area contributed by atoms with E-state index in [9.17, 15) is 4.79 Å². The normalized spacial score (nSPS) is 16.1. The molecule has 0 unspecified atom stereocenters. The van der Waals surface area contributed by atoms with Crippen molar-refractivity contribution in [2.24, 2.45) is 0 Å². The topological polar surface area (TPSA) is 29.5 Å². The molecule has 1 heterocycles. The summed E-state index contributed by atoms with van der Waals surface area (Å²) in [6, 6.07) is 13.6. The fourth-order valence-corrected chi connectivity index (χ4v) is 4.44. The van der Waals surface area contributed by atoms with Gasteiger partial charge >= 0.3 is 0 Å². The Labute approximate surface area is 164 Å². The van der Waals surface area contributed by atoms with Gasteiger partial charge < -0.3 is 4.74 Å². The smallest absolute Gasteiger partial charge is 0.270 e. The second kappa shape index (κ2) is 7.25. The average Bonchev–Trinajstić information content (AvgIpc) is 2.81. The van der Waals surface area contributed by atoms with Crippen LogP contribution in [0.3, 0.4) is 0 Å². The Kier molecular flexibility index (Phi) is 5.27. The van der Waals surface area contributed by atoms with Crippen molar-refractivity contribution in [1.29, 1.82) is 0 Å². The summed E-state index contributed by atoms with van der Waals surface area (Å²) < 4.78 is 6.82. The molecule has 0 spiro atoms. The van der Waals surface area contributed by atoms with E-state index in [4.69, 9.17) is 17.0 Å². The minimum Gasteiger partial charge on any atom is -0.496 e. The van der Waals surface area contributed by atoms with E-state index in [2.05, 4.69) is 22.6 Å². The first-order valence-electron chi connectivity index (χ1n) is 7.18. The number of carbonyl (C=O) groups excluding carboxylic acids is 1. The largest absolute Gasteiger partial charge is 0.496 e. The number of methoxy groups -OCH3 is 1. The van der Waals surface area contributed by atoms with Gasteiger partial charge in [-0.3, -0.25) is 9.69 Å². The number of hydrogen-bond donors (Lipinski definition) is 0. The Balaban J connectivity index is 1.92. The number of amides is 1. The van der Waals surface area contributed by atoms with Gasteiger partial charge in [-0.05, 0) is 71.0 Å². The maximum Gasteiger partial charge on any atom is 0.270 e. The molecule has 2 aromatic carbocycles. The van der Waals surface area contributed by atoms with E-state index in [0.29, 0.717) is 9.23 Å². The first-order chi connectivity index (χ1) is 11.5. The molecule has 3 nitrogen and oxygen atoms in total. The SMILES string of the molecule is COc1ccc(/C=C2/SC(=S)N(c3cccc(C)c3)C2=O)cc1I. The molecular weight excluding hydrogens is 453 g/mol. The fraction of sp³-hybridized carbons (Fsp3) is 0.111. The third-order valence-corrected chi connectivity index (χ3v) is 5.67. The standard InChI is InChI=1S/C18H14INO2S2/c1-11-4-3-5-13(8-11)20-17(21)16(24-18(20)23)10-12-6-7-15(22-2)14(19)9-12/h3-10H,1-2H3/b16-10+. The van der Waals surface area contributed by atoms with Crippen molar-refractivity contribution in [3.8, 4) is 5.75 Å². The highest BCUT2D eigenvalue weighted by atomic mass is 127. The zero-order valence-corrected chi connectivity index (χ0v) is 16.9. The van der Waals surface area contributed by atoms with Gasteiger partial charge in [-0.2, -0.15) is 0 Å². The predicted octanol–water partition coefficient (Wildman–Crippen LogP) is 5.01. The molecule has 0 radical (unpaired) electrons. The van der Waals surface area contributed by atoms with Crippen molar-refractivity contribution in [2.45, 2.75) is 6.92 Å². The van der Waals surface area contributed by atoms with Crippen molar-refractivity contribution in [2.75, 3.05) is 12.0 Å². The molecule has 1 amide bonds. The molecule has 0 atom stereocenters. The third-order valence-electron chi connectivity index (χ3n) is 3.53. The van der Waals surface area contributed by atoms with Gasteiger partial charge in [0.1, 0.15) is 5.75 Å². The molecule has 1 aliphatic rings. The highest BCUT2D eigenvalue weighted by Gasteiger charge is 2.33. The monoisotopic (exact) mass is 467 g/mol. The quantitative estimate of drug-likeness (QED) is 0.361. The summed E-state index contributed by atoms with van der Waals surface area (Å²) in [4.78, 5) is 15.0. The van der Waals surface area contributed by atoms with Gasteiger partial charge in [0.25, 0.3) is 5.91 Å². The van der Waals surface area contributed by atoms with E-state index >= 15 is 0 Å². The van der Waals surface area contributed by atoms with Gasteiger partial charge in [0.15, 0.2) is 4.32 Å². The molecule has 1 fully saturated rings. The summed E-state index contributed by atoms with van der Waals surface area (Å²) in [6.45, 7) is 2.00. The molecule has 3 rings (SSSR count). The molecule has 1 aliphatic heterocycles. The Hall–Kier alpha value is -1.38. The molecule has 2 aromatic rings. The van der Waals surface area contributed by atoms with E-state index in [0.717, 1.165) is 26.1 Å². The van der Waals surface area contributed by atoms with Crippen molar-refractivity contribution in [3.05, 3.63) is 62.1 Å². The number of rotatable bonds is 3. The van der Waals surface area contributed by atoms with Gasteiger partial charge in [0.2, 0.25) is 0 Å². The summed E-state index contributed by atoms with van der Waals surface area (Å²) in [5.41, 5.74) is 2.85. The van der Waals surface area contributed by atoms with E-state index < -0.39 is 0 Å². The van der Waals surface area contributed by atoms with Crippen LogP contribution in [-0.2, 0) is 4.79 Å². The number of thioether (sulfide) groups is 1. The zero-order chi connectivity index (χ0) is 17.3. The lowest BCUT2D eigenvalue weighted by Crippen LogP contribution is -2.27. The van der Waals surface area contributed by atoms with E-state index in [1.807, 2.05) is 55.5 Å². The van der Waals surface area contributed by atoms with Crippen molar-refractivity contribution >= 4 is 68.6 Å². The Morgan fingerprint density at radius 2 is 2.04 bits per heavy atom. The van der Waals surface area contributed by atoms with Gasteiger partial charge in [-0.15, -0.1) is 0 Å². The van der Waals surface area contributed by atoms with Gasteiger partial charge in [0, 0.05) is 0 Å². The molecule has 24 heavy (non-hydrogen) atoms. The lowest BCUT2D eigenvalue weighted by atomic mass is 10.2. The molecule has 0 aliphatic carbocycles. The third kappa shape index (κ3) is 3.50. The van der Waals surface area contributed by atoms with Crippen LogP contribution in [0.25, 0.3) is 6.08 Å². The molecule has 0 bridgehead atoms. The lowest BCUT2D eigenvalue weighted by molar-refractivity contribution is -0.113. The average molecular weight is 467 g/mol. The van der Waals surface area contributed by atoms with Gasteiger partial charge in [-0.25, -0.2) is 0 Å². The summed E-state index contributed by atoms with van der Waals surface area (Å²) in [6.07, 6.45) is 1.87. The molecule has 0 N–H and O–H groups in total. The molecule has 1 saturated heterocycles. The first-order valence-corrected chi connectivity index (χ1v) is 9.48. The maximum atomic E-state index is 12.8. The van der Waals surface area contributed by atoms with E-state index in [1.165, 1.54) is 11.8 Å². The number of aryl methyl sites for hydroxylation is 1. The number of thiocarbonyl (C=S) groups is 1. The summed E-state index contributed by atoms with van der Waals surface area (Å²) in [5, 5.41) is 0. The number of nitrogens with zero attached hydrogens (tertiary/aromatic N) is 1. The van der Waals surface area contributed by atoms with E-state index in [-0.39, 0.29) is 5.91 Å². The number of anilines is 1. The van der Waals surface area contributed by atoms with Crippen LogP contribution >= 0.6 is 46.6 Å². The number of halogens is 1. The summed E-state index contributed by atoms with van der Waals surface area (Å²) in [5.74, 6) is 0.737. The highest BCUT2D eigenvalue weighted by molar-refractivity contribution is 14.1. The Morgan fingerprint density at radius 1 is 1.25 bits per heavy atom. The van der Waals surface area contributed by atoms with Crippen LogP contribution < -0.4 is 9.64 Å². The first kappa shape index (κ1) is 17.4. The molecule has 6 heteroatoms. The highest BCUT2D eigenvalue weighted by Crippen LogP contribution is 2.36. The molecule has 0 aromatic heterocycles. The molecule has 0 saturated carbocycles. The number of carbonyl (C=O) groups is 1. The van der Waals surface area contributed by atoms with Gasteiger partial charge in [0.05, 0.1) is 21.3 Å². The zero-order valence-electron chi connectivity index (χ0n) is 13.1. The molecular formula is C18H14INO2S2. The second-order valence-electron chi connectivity index (χ2n) is 5.25. The Morgan fingerprint density at radius 3 is 2.71 bits per heavy atom. The number of ether oxygens (including phenoxy) is 1. The van der Waals surface area contributed by atoms with Crippen molar-refractivity contribution < 1.29 is 9.53 Å². The minimum atomic E-state index is -0.0820. The molecule has 122 valence electrons. The van der Waals surface area contributed by atoms with Crippen LogP contribution in [0, 0.1) is 10.5 Å². The van der Waals surface area contributed by atoms with Crippen molar-refractivity contribution in [3.63, 3.8) is 0 Å². The lowest BCUT2D eigenvalue weighted by Gasteiger charge is -2.14. The van der Waals surface area contributed by atoms with Crippen LogP contribution in [0.5, 0.6) is 5.75 Å². The van der Waals surface area contributed by atoms with Crippen molar-refractivity contribution in [1.82, 2.24) is 0 Å². The fourth-order valence-electron chi connectivity index (χ4n) is 2.38. The van der Waals surface area contributed by atoms with Gasteiger partial charge in [-0.1, -0.05) is 42.2 Å². The minimum absolute atomic E-state index is 0.0820. The predicted molar refractivity (Wildman–Crippen MR) is 113 cm³/mol. The number of benzene rings is 2. The second-order valence-corrected chi connectivity index (χ2v) is 8.09. The van der Waals surface area contributed by atoms with E-state index in [1.54, 1.807) is 12.0 Å². The van der Waals surface area contributed by atoms with Crippen LogP contribution in [0.1, 0.15) is 11.1 Å². The van der Waals surface area contributed by atoms with Crippen LogP contribution in [0.15, 0.2) is 47.4 Å². The maximum absolute atomic E-state index is 12.8. The summed E-state index contributed by atoms with van der Waals surface area (Å²) >= 11 is 8.95. The Bertz CT molecular complexity index is 864. The van der Waals surface area contributed by atoms with Crippen LogP contribution in [0.2, 0.25) is 0 Å².